The number of hydrogen-bond acceptors (Lipinski definition) is 6. The van der Waals surface area contributed by atoms with Crippen LogP contribution in [-0.4, -0.2) is 73.2 Å². The maximum absolute atomic E-state index is 13.1. The highest BCUT2D eigenvalue weighted by Gasteiger charge is 2.22. The highest BCUT2D eigenvalue weighted by Crippen LogP contribution is 2.22. The molecule has 0 bridgehead atoms. The van der Waals surface area contributed by atoms with Gasteiger partial charge in [-0.05, 0) is 31.0 Å². The second-order valence-electron chi connectivity index (χ2n) is 7.49. The van der Waals surface area contributed by atoms with Gasteiger partial charge in [-0.15, -0.1) is 11.3 Å². The minimum atomic E-state index is 0.140. The number of benzene rings is 1. The fourth-order valence-corrected chi connectivity index (χ4v) is 4.66. The van der Waals surface area contributed by atoms with Crippen molar-refractivity contribution in [1.29, 1.82) is 0 Å². The molecule has 28 heavy (non-hydrogen) atoms. The summed E-state index contributed by atoms with van der Waals surface area (Å²) in [7, 11) is 0. The first kappa shape index (κ1) is 19.4. The number of thiazole rings is 1. The van der Waals surface area contributed by atoms with Gasteiger partial charge in [-0.1, -0.05) is 12.1 Å². The van der Waals surface area contributed by atoms with E-state index in [1.54, 1.807) is 11.3 Å². The van der Waals surface area contributed by atoms with Gasteiger partial charge in [0.25, 0.3) is 5.91 Å². The van der Waals surface area contributed by atoms with Gasteiger partial charge >= 0.3 is 0 Å². The van der Waals surface area contributed by atoms with E-state index in [0.717, 1.165) is 81.8 Å². The van der Waals surface area contributed by atoms with Crippen LogP contribution < -0.4 is 4.90 Å². The van der Waals surface area contributed by atoms with Crippen molar-refractivity contribution in [1.82, 2.24) is 14.8 Å². The molecule has 2 aromatic rings. The highest BCUT2D eigenvalue weighted by molar-refractivity contribution is 7.13. The van der Waals surface area contributed by atoms with E-state index in [-0.39, 0.29) is 5.91 Å². The maximum atomic E-state index is 13.1. The van der Waals surface area contributed by atoms with E-state index in [9.17, 15) is 4.79 Å². The monoisotopic (exact) mass is 400 g/mol. The van der Waals surface area contributed by atoms with Gasteiger partial charge < -0.3 is 14.5 Å². The van der Waals surface area contributed by atoms with Crippen molar-refractivity contribution in [2.24, 2.45) is 0 Å². The molecule has 0 N–H and O–H groups in total. The van der Waals surface area contributed by atoms with E-state index in [1.807, 2.05) is 24.0 Å². The lowest BCUT2D eigenvalue weighted by atomic mass is 10.1. The zero-order valence-electron chi connectivity index (χ0n) is 16.5. The minimum absolute atomic E-state index is 0.140. The predicted octanol–water partition coefficient (Wildman–Crippen LogP) is 2.64. The SMILES string of the molecule is Cc1csc(N2CCCN(C(=O)c3cccc(CN4CCOCC4)c3)CC2)n1. The molecule has 1 amide bonds. The summed E-state index contributed by atoms with van der Waals surface area (Å²) < 4.78 is 5.42. The summed E-state index contributed by atoms with van der Waals surface area (Å²) in [5.41, 5.74) is 3.06. The standard InChI is InChI=1S/C21H28N4O2S/c1-17-16-28-21(22-17)25-7-3-6-24(8-9-25)20(26)19-5-2-4-18(14-19)15-23-10-12-27-13-11-23/h2,4-5,14,16H,3,6-13,15H2,1H3. The molecular formula is C21H28N4O2S. The van der Waals surface area contributed by atoms with Crippen LogP contribution in [0.3, 0.4) is 0 Å². The number of nitrogens with zero attached hydrogens (tertiary/aromatic N) is 4. The first-order valence-corrected chi connectivity index (χ1v) is 10.9. The summed E-state index contributed by atoms with van der Waals surface area (Å²) >= 11 is 1.69. The van der Waals surface area contributed by atoms with Crippen molar-refractivity contribution in [3.8, 4) is 0 Å². The first-order chi connectivity index (χ1) is 13.7. The average molecular weight is 401 g/mol. The van der Waals surface area contributed by atoms with Crippen molar-refractivity contribution in [3.63, 3.8) is 0 Å². The summed E-state index contributed by atoms with van der Waals surface area (Å²) in [6, 6.07) is 8.12. The van der Waals surface area contributed by atoms with Crippen LogP contribution in [0.15, 0.2) is 29.6 Å². The Hall–Kier alpha value is -1.96. The lowest BCUT2D eigenvalue weighted by Crippen LogP contribution is -2.36. The smallest absolute Gasteiger partial charge is 0.253 e. The van der Waals surface area contributed by atoms with Gasteiger partial charge in [0, 0.05) is 56.8 Å². The fraction of sp³-hybridized carbons (Fsp3) is 0.524. The highest BCUT2D eigenvalue weighted by atomic mass is 32.1. The molecular weight excluding hydrogens is 372 g/mol. The molecule has 0 atom stereocenters. The molecule has 0 aliphatic carbocycles. The number of rotatable bonds is 4. The van der Waals surface area contributed by atoms with Gasteiger partial charge in [-0.3, -0.25) is 9.69 Å². The third-order valence-electron chi connectivity index (χ3n) is 5.34. The molecule has 2 aliphatic rings. The Balaban J connectivity index is 1.39. The van der Waals surface area contributed by atoms with Crippen molar-refractivity contribution in [2.75, 3.05) is 57.4 Å². The zero-order chi connectivity index (χ0) is 19.3. The van der Waals surface area contributed by atoms with Crippen LogP contribution in [0.5, 0.6) is 0 Å². The molecule has 0 saturated carbocycles. The van der Waals surface area contributed by atoms with E-state index in [0.29, 0.717) is 0 Å². The Morgan fingerprint density at radius 2 is 2.00 bits per heavy atom. The molecule has 150 valence electrons. The number of carbonyl (C=O) groups excluding carboxylic acids is 1. The molecule has 1 aromatic heterocycles. The van der Waals surface area contributed by atoms with Crippen LogP contribution in [0.25, 0.3) is 0 Å². The van der Waals surface area contributed by atoms with Crippen LogP contribution in [0.1, 0.15) is 28.0 Å². The average Bonchev–Trinajstić information content (AvgIpc) is 3.00. The van der Waals surface area contributed by atoms with Crippen LogP contribution in [0.4, 0.5) is 5.13 Å². The predicted molar refractivity (Wildman–Crippen MR) is 112 cm³/mol. The normalized spacial score (nSPS) is 18.9. The number of hydrogen-bond donors (Lipinski definition) is 0. The van der Waals surface area contributed by atoms with E-state index in [1.165, 1.54) is 5.56 Å². The third kappa shape index (κ3) is 4.71. The van der Waals surface area contributed by atoms with Gasteiger partial charge in [-0.2, -0.15) is 0 Å². The second-order valence-corrected chi connectivity index (χ2v) is 8.33. The summed E-state index contributed by atoms with van der Waals surface area (Å²) in [6.45, 7) is 9.73. The molecule has 4 rings (SSSR count). The van der Waals surface area contributed by atoms with Gasteiger partial charge in [0.15, 0.2) is 5.13 Å². The number of anilines is 1. The Morgan fingerprint density at radius 1 is 1.14 bits per heavy atom. The molecule has 6 nitrogen and oxygen atoms in total. The van der Waals surface area contributed by atoms with Crippen molar-refractivity contribution in [2.45, 2.75) is 19.9 Å². The minimum Gasteiger partial charge on any atom is -0.379 e. The molecule has 2 aliphatic heterocycles. The van der Waals surface area contributed by atoms with Gasteiger partial charge in [-0.25, -0.2) is 4.98 Å². The molecule has 3 heterocycles. The number of morpholine rings is 1. The van der Waals surface area contributed by atoms with Crippen molar-refractivity contribution in [3.05, 3.63) is 46.5 Å². The lowest BCUT2D eigenvalue weighted by Gasteiger charge is -2.27. The first-order valence-electron chi connectivity index (χ1n) is 10.0. The van der Waals surface area contributed by atoms with Crippen LogP contribution in [0.2, 0.25) is 0 Å². The Kier molecular flexibility index (Phi) is 6.24. The van der Waals surface area contributed by atoms with E-state index in [2.05, 4.69) is 32.3 Å². The summed E-state index contributed by atoms with van der Waals surface area (Å²) in [5.74, 6) is 0.140. The summed E-state index contributed by atoms with van der Waals surface area (Å²) in [5, 5.41) is 3.16. The largest absolute Gasteiger partial charge is 0.379 e. The number of ether oxygens (including phenoxy) is 1. The molecule has 7 heteroatoms. The van der Waals surface area contributed by atoms with Gasteiger partial charge in [0.2, 0.25) is 0 Å². The Bertz CT molecular complexity index is 803. The Labute approximate surface area is 170 Å². The summed E-state index contributed by atoms with van der Waals surface area (Å²) in [6.07, 6.45) is 0.970. The molecule has 2 fully saturated rings. The van der Waals surface area contributed by atoms with Crippen LogP contribution >= 0.6 is 11.3 Å². The van der Waals surface area contributed by atoms with Crippen molar-refractivity contribution < 1.29 is 9.53 Å². The fourth-order valence-electron chi connectivity index (χ4n) is 3.80. The Morgan fingerprint density at radius 3 is 2.79 bits per heavy atom. The van der Waals surface area contributed by atoms with Gasteiger partial charge in [0.05, 0.1) is 18.9 Å². The zero-order valence-corrected chi connectivity index (χ0v) is 17.3. The molecule has 2 saturated heterocycles. The number of aromatic nitrogens is 1. The third-order valence-corrected chi connectivity index (χ3v) is 6.36. The number of aryl methyl sites for hydroxylation is 1. The summed E-state index contributed by atoms with van der Waals surface area (Å²) in [4.78, 5) is 24.4. The molecule has 1 aromatic carbocycles. The van der Waals surface area contributed by atoms with Crippen LogP contribution in [-0.2, 0) is 11.3 Å². The van der Waals surface area contributed by atoms with E-state index in [4.69, 9.17) is 4.74 Å². The molecule has 0 radical (unpaired) electrons. The van der Waals surface area contributed by atoms with Crippen LogP contribution in [0, 0.1) is 6.92 Å². The topological polar surface area (TPSA) is 48.9 Å². The quantitative estimate of drug-likeness (QED) is 0.790. The van der Waals surface area contributed by atoms with E-state index < -0.39 is 0 Å². The van der Waals surface area contributed by atoms with E-state index >= 15 is 0 Å². The lowest BCUT2D eigenvalue weighted by molar-refractivity contribution is 0.0341. The molecule has 0 spiro atoms. The number of carbonyl (C=O) groups is 1. The second kappa shape index (κ2) is 9.03. The number of amides is 1. The van der Waals surface area contributed by atoms with Gasteiger partial charge in [0.1, 0.15) is 0 Å². The maximum Gasteiger partial charge on any atom is 0.253 e. The van der Waals surface area contributed by atoms with Crippen molar-refractivity contribution >= 4 is 22.4 Å². The molecule has 0 unspecified atom stereocenters.